The molecule has 0 radical (unpaired) electrons. The van der Waals surface area contributed by atoms with Crippen LogP contribution in [0.4, 0.5) is 5.13 Å². The van der Waals surface area contributed by atoms with E-state index in [1.54, 1.807) is 6.92 Å². The molecule has 1 aromatic rings. The molecule has 0 spiro atoms. The van der Waals surface area contributed by atoms with Gasteiger partial charge in [0.25, 0.3) is 0 Å². The second-order valence-electron chi connectivity index (χ2n) is 4.64. The molecule has 0 aromatic carbocycles. The average molecular weight is 345 g/mol. The molecule has 0 aliphatic carbocycles. The molecule has 8 heteroatoms. The highest BCUT2D eigenvalue weighted by Crippen LogP contribution is 2.26. The van der Waals surface area contributed by atoms with Crippen LogP contribution in [0.25, 0.3) is 0 Å². The van der Waals surface area contributed by atoms with E-state index in [4.69, 9.17) is 4.74 Å². The summed E-state index contributed by atoms with van der Waals surface area (Å²) >= 11 is 2.90. The minimum Gasteiger partial charge on any atom is -0.466 e. The molecule has 0 saturated heterocycles. The van der Waals surface area contributed by atoms with Crippen LogP contribution in [0.5, 0.6) is 0 Å². The SMILES string of the molecule is CCCCCC(=O)Nc1nnc(SCCCC(=O)OCC)s1. The first kappa shape index (κ1) is 18.9. The predicted octanol–water partition coefficient (Wildman–Crippen LogP) is 3.49. The molecule has 0 aliphatic heterocycles. The van der Waals surface area contributed by atoms with Gasteiger partial charge in [-0.3, -0.25) is 9.59 Å². The lowest BCUT2D eigenvalue weighted by molar-refractivity contribution is -0.143. The molecule has 0 saturated carbocycles. The molecule has 0 unspecified atom stereocenters. The third-order valence-corrected chi connectivity index (χ3v) is 4.77. The number of nitrogens with zero attached hydrogens (tertiary/aromatic N) is 2. The lowest BCUT2D eigenvalue weighted by Crippen LogP contribution is -2.10. The van der Waals surface area contributed by atoms with E-state index in [1.165, 1.54) is 23.1 Å². The molecule has 22 heavy (non-hydrogen) atoms. The van der Waals surface area contributed by atoms with E-state index in [1.807, 2.05) is 0 Å². The highest BCUT2D eigenvalue weighted by molar-refractivity contribution is 8.01. The zero-order valence-electron chi connectivity index (χ0n) is 13.1. The highest BCUT2D eigenvalue weighted by atomic mass is 32.2. The number of rotatable bonds is 11. The fourth-order valence-electron chi connectivity index (χ4n) is 1.65. The van der Waals surface area contributed by atoms with Gasteiger partial charge in [-0.2, -0.15) is 0 Å². The van der Waals surface area contributed by atoms with Crippen molar-refractivity contribution in [2.75, 3.05) is 17.7 Å². The maximum Gasteiger partial charge on any atom is 0.305 e. The predicted molar refractivity (Wildman–Crippen MR) is 89.3 cm³/mol. The number of aromatic nitrogens is 2. The molecule has 1 heterocycles. The average Bonchev–Trinajstić information content (AvgIpc) is 2.91. The summed E-state index contributed by atoms with van der Waals surface area (Å²) in [6.45, 7) is 4.32. The van der Waals surface area contributed by atoms with Crippen molar-refractivity contribution in [2.45, 2.75) is 56.7 Å². The number of thioether (sulfide) groups is 1. The Morgan fingerprint density at radius 3 is 2.73 bits per heavy atom. The number of ether oxygens (including phenoxy) is 1. The molecular formula is C14H23N3O3S2. The molecule has 1 N–H and O–H groups in total. The highest BCUT2D eigenvalue weighted by Gasteiger charge is 2.09. The van der Waals surface area contributed by atoms with E-state index >= 15 is 0 Å². The van der Waals surface area contributed by atoms with Gasteiger partial charge in [-0.15, -0.1) is 10.2 Å². The van der Waals surface area contributed by atoms with Crippen molar-refractivity contribution in [3.05, 3.63) is 0 Å². The number of carbonyl (C=O) groups excluding carboxylic acids is 2. The maximum absolute atomic E-state index is 11.7. The summed E-state index contributed by atoms with van der Waals surface area (Å²) in [6.07, 6.45) is 4.73. The van der Waals surface area contributed by atoms with Gasteiger partial charge in [-0.05, 0) is 19.8 Å². The Labute approximate surface area is 139 Å². The van der Waals surface area contributed by atoms with Crippen molar-refractivity contribution in [2.24, 2.45) is 0 Å². The summed E-state index contributed by atoms with van der Waals surface area (Å²) in [5.74, 6) is 0.599. The molecule has 0 aliphatic rings. The van der Waals surface area contributed by atoms with Gasteiger partial charge in [0.1, 0.15) is 0 Å². The zero-order chi connectivity index (χ0) is 16.2. The second-order valence-corrected chi connectivity index (χ2v) is 6.96. The Bertz CT molecular complexity index is 466. The van der Waals surface area contributed by atoms with E-state index in [9.17, 15) is 9.59 Å². The first-order valence-corrected chi connectivity index (χ1v) is 9.37. The topological polar surface area (TPSA) is 81.2 Å². The quantitative estimate of drug-likeness (QED) is 0.286. The minimum absolute atomic E-state index is 0.0107. The number of amides is 1. The van der Waals surface area contributed by atoms with Crippen LogP contribution >= 0.6 is 23.1 Å². The first-order valence-electron chi connectivity index (χ1n) is 7.57. The van der Waals surface area contributed by atoms with E-state index < -0.39 is 0 Å². The van der Waals surface area contributed by atoms with Crippen molar-refractivity contribution in [3.8, 4) is 0 Å². The summed E-state index contributed by atoms with van der Waals surface area (Å²) < 4.78 is 5.66. The van der Waals surface area contributed by atoms with Crippen molar-refractivity contribution >= 4 is 40.1 Å². The van der Waals surface area contributed by atoms with Crippen LogP contribution in [0.2, 0.25) is 0 Å². The largest absolute Gasteiger partial charge is 0.466 e. The fourth-order valence-corrected chi connectivity index (χ4v) is 3.42. The zero-order valence-corrected chi connectivity index (χ0v) is 14.7. The number of anilines is 1. The van der Waals surface area contributed by atoms with E-state index in [2.05, 4.69) is 22.4 Å². The van der Waals surface area contributed by atoms with Crippen LogP contribution in [0.3, 0.4) is 0 Å². The smallest absolute Gasteiger partial charge is 0.305 e. The van der Waals surface area contributed by atoms with Gasteiger partial charge in [0.05, 0.1) is 6.61 Å². The molecule has 0 bridgehead atoms. The van der Waals surface area contributed by atoms with Crippen LogP contribution in [0, 0.1) is 0 Å². The summed E-state index contributed by atoms with van der Waals surface area (Å²) in [6, 6.07) is 0. The van der Waals surface area contributed by atoms with Gasteiger partial charge in [-0.25, -0.2) is 0 Å². The van der Waals surface area contributed by atoms with Gasteiger partial charge < -0.3 is 10.1 Å². The summed E-state index contributed by atoms with van der Waals surface area (Å²) in [5, 5.41) is 11.3. The van der Waals surface area contributed by atoms with E-state index in [-0.39, 0.29) is 11.9 Å². The van der Waals surface area contributed by atoms with Crippen LogP contribution in [-0.4, -0.2) is 34.4 Å². The fraction of sp³-hybridized carbons (Fsp3) is 0.714. The van der Waals surface area contributed by atoms with Gasteiger partial charge >= 0.3 is 5.97 Å². The standard InChI is InChI=1S/C14H23N3O3S2/c1-3-5-6-8-11(18)15-13-16-17-14(22-13)21-10-7-9-12(19)20-4-2/h3-10H2,1-2H3,(H,15,16,18). The Balaban J connectivity index is 2.21. The summed E-state index contributed by atoms with van der Waals surface area (Å²) in [7, 11) is 0. The molecule has 6 nitrogen and oxygen atoms in total. The van der Waals surface area contributed by atoms with Gasteiger partial charge in [0.15, 0.2) is 4.34 Å². The number of hydrogen-bond acceptors (Lipinski definition) is 7. The Morgan fingerprint density at radius 2 is 2.00 bits per heavy atom. The van der Waals surface area contributed by atoms with Crippen molar-refractivity contribution in [1.82, 2.24) is 10.2 Å². The molecule has 0 fully saturated rings. The van der Waals surface area contributed by atoms with Gasteiger partial charge in [0, 0.05) is 18.6 Å². The monoisotopic (exact) mass is 345 g/mol. The number of hydrogen-bond donors (Lipinski definition) is 1. The Kier molecular flexibility index (Phi) is 9.81. The number of carbonyl (C=O) groups is 2. The number of nitrogens with one attached hydrogen (secondary N) is 1. The van der Waals surface area contributed by atoms with Gasteiger partial charge in [-0.1, -0.05) is 42.9 Å². The van der Waals surface area contributed by atoms with Crippen molar-refractivity contribution < 1.29 is 14.3 Å². The third-order valence-electron chi connectivity index (χ3n) is 2.72. The molecular weight excluding hydrogens is 322 g/mol. The van der Waals surface area contributed by atoms with Crippen LogP contribution in [0.15, 0.2) is 4.34 Å². The summed E-state index contributed by atoms with van der Waals surface area (Å²) in [4.78, 5) is 22.8. The van der Waals surface area contributed by atoms with Gasteiger partial charge in [0.2, 0.25) is 11.0 Å². The van der Waals surface area contributed by atoms with Crippen molar-refractivity contribution in [1.29, 1.82) is 0 Å². The maximum atomic E-state index is 11.7. The molecule has 124 valence electrons. The molecule has 1 rings (SSSR count). The van der Waals surface area contributed by atoms with Crippen LogP contribution in [0.1, 0.15) is 52.4 Å². The summed E-state index contributed by atoms with van der Waals surface area (Å²) in [5.41, 5.74) is 0. The lowest BCUT2D eigenvalue weighted by atomic mass is 10.2. The first-order chi connectivity index (χ1) is 10.7. The lowest BCUT2D eigenvalue weighted by Gasteiger charge is -2.00. The minimum atomic E-state index is -0.166. The molecule has 1 amide bonds. The second kappa shape index (κ2) is 11.4. The third kappa shape index (κ3) is 8.33. The van der Waals surface area contributed by atoms with Crippen LogP contribution < -0.4 is 5.32 Å². The van der Waals surface area contributed by atoms with Crippen LogP contribution in [-0.2, 0) is 14.3 Å². The molecule has 1 aromatic heterocycles. The molecule has 0 atom stereocenters. The Morgan fingerprint density at radius 1 is 1.18 bits per heavy atom. The normalized spacial score (nSPS) is 10.5. The van der Waals surface area contributed by atoms with E-state index in [0.29, 0.717) is 24.6 Å². The Hall–Kier alpha value is -1.15. The number of unbranched alkanes of at least 4 members (excludes halogenated alkanes) is 2. The number of esters is 1. The van der Waals surface area contributed by atoms with Crippen molar-refractivity contribution in [3.63, 3.8) is 0 Å². The van der Waals surface area contributed by atoms with E-state index in [0.717, 1.165) is 35.8 Å².